The molecule has 0 radical (unpaired) electrons. The molecule has 450 valence electrons. The van der Waals surface area contributed by atoms with Crippen molar-refractivity contribution >= 4 is 70.0 Å². The molecular formula is C58H81ClN8O15. The molecule has 9 atom stereocenters. The highest BCUT2D eigenvalue weighted by atomic mass is 35.5. The molecule has 0 aliphatic carbocycles. The van der Waals surface area contributed by atoms with Crippen molar-refractivity contribution in [1.29, 1.82) is 0 Å². The highest BCUT2D eigenvalue weighted by Gasteiger charge is 2.64. The van der Waals surface area contributed by atoms with Crippen LogP contribution in [0.25, 0.3) is 11.0 Å². The number of nitrogens with zero attached hydrogens (tertiary/aromatic N) is 5. The summed E-state index contributed by atoms with van der Waals surface area (Å²) < 4.78 is 37.1. The first kappa shape index (κ1) is 64.7. The predicted octanol–water partition coefficient (Wildman–Crippen LogP) is 4.60. The number of aliphatic carboxylic acids is 1. The lowest BCUT2D eigenvalue weighted by atomic mass is 9.83. The lowest BCUT2D eigenvalue weighted by Crippen LogP contribution is -2.63. The van der Waals surface area contributed by atoms with Crippen LogP contribution in [0.4, 0.5) is 10.5 Å². The van der Waals surface area contributed by atoms with E-state index < -0.39 is 95.4 Å². The molecular weight excluding hydrogens is 1080 g/mol. The number of methoxy groups -OCH3 is 1. The number of allylic oxidation sites excluding steroid dienone is 3. The van der Waals surface area contributed by atoms with Crippen molar-refractivity contribution in [2.45, 2.75) is 147 Å². The van der Waals surface area contributed by atoms with Crippen molar-refractivity contribution in [1.82, 2.24) is 35.3 Å². The molecule has 1 aromatic carbocycles. The van der Waals surface area contributed by atoms with E-state index in [-0.39, 0.29) is 71.5 Å². The number of amides is 5. The number of nitrogens with one attached hydrogen (secondary N) is 3. The van der Waals surface area contributed by atoms with E-state index in [1.165, 1.54) is 30.9 Å². The number of likely N-dealkylation sites (N-methyl/N-ethyl adjacent to an activating group) is 1. The molecule has 4 bridgehead atoms. The molecule has 6 rings (SSSR count). The zero-order chi connectivity index (χ0) is 60.1. The summed E-state index contributed by atoms with van der Waals surface area (Å²) in [4.78, 5) is 102. The van der Waals surface area contributed by atoms with Gasteiger partial charge in [0.05, 0.1) is 56.1 Å². The SMILES string of the molecule is CCN(C)Cc1cc2cccnc2n1CCC(=O)N[C@@H](CCC(=O)O)C(=O)NCCOCCOCCC(=O)N(C)[C@@H](C)C(=O)O[C@H]1CC(=O)N(C)c2cc(cc(C)c2Cl)C/C(C)=C/C=C/[C@@H](OC)[C@]2(O)C[C@H](OC(=O)N2)[C@@H](C)C2O[C@]21C. The Morgan fingerprint density at radius 2 is 1.78 bits per heavy atom. The summed E-state index contributed by atoms with van der Waals surface area (Å²) >= 11 is 6.83. The number of benzene rings is 1. The molecule has 3 aliphatic rings. The van der Waals surface area contributed by atoms with Gasteiger partial charge in [-0.05, 0) is 89.5 Å². The Bertz CT molecular complexity index is 2840. The first-order chi connectivity index (χ1) is 38.9. The smallest absolute Gasteiger partial charge is 0.409 e. The second-order valence-corrected chi connectivity index (χ2v) is 22.0. The Balaban J connectivity index is 0.993. The number of esters is 1. The zero-order valence-corrected chi connectivity index (χ0v) is 49.4. The van der Waals surface area contributed by atoms with Gasteiger partial charge in [-0.2, -0.15) is 0 Å². The van der Waals surface area contributed by atoms with E-state index in [1.807, 2.05) is 61.9 Å². The maximum atomic E-state index is 14.3. The van der Waals surface area contributed by atoms with Crippen LogP contribution in [0.1, 0.15) is 90.0 Å². The molecule has 3 aliphatic heterocycles. The van der Waals surface area contributed by atoms with E-state index in [9.17, 15) is 43.8 Å². The number of carbonyl (C=O) groups excluding carboxylic acids is 6. The van der Waals surface area contributed by atoms with Crippen LogP contribution < -0.4 is 20.9 Å². The average molecular weight is 1170 g/mol. The van der Waals surface area contributed by atoms with Gasteiger partial charge in [-0.1, -0.05) is 55.3 Å². The number of halogens is 1. The normalized spacial score (nSPS) is 24.7. The largest absolute Gasteiger partial charge is 0.481 e. The van der Waals surface area contributed by atoms with Gasteiger partial charge in [0.25, 0.3) is 0 Å². The fourth-order valence-electron chi connectivity index (χ4n) is 10.2. The zero-order valence-electron chi connectivity index (χ0n) is 48.7. The molecule has 5 heterocycles. The Hall–Kier alpha value is -6.47. The molecule has 2 saturated heterocycles. The van der Waals surface area contributed by atoms with Crippen LogP contribution in [0.5, 0.6) is 0 Å². The minimum absolute atomic E-state index is 0.0179. The van der Waals surface area contributed by atoms with E-state index in [0.29, 0.717) is 30.2 Å². The van der Waals surface area contributed by atoms with Gasteiger partial charge >= 0.3 is 18.0 Å². The van der Waals surface area contributed by atoms with Gasteiger partial charge in [-0.25, -0.2) is 14.6 Å². The molecule has 24 heteroatoms. The number of fused-ring (bicyclic) bond motifs is 6. The summed E-state index contributed by atoms with van der Waals surface area (Å²) in [5.41, 5.74) is 1.58. The lowest BCUT2D eigenvalue weighted by Gasteiger charge is -2.42. The highest BCUT2D eigenvalue weighted by molar-refractivity contribution is 6.34. The van der Waals surface area contributed by atoms with Gasteiger partial charge in [0.15, 0.2) is 5.72 Å². The number of hydrogen-bond acceptors (Lipinski definition) is 16. The fraction of sp³-hybridized carbons (Fsp3) is 0.586. The number of hydrogen-bond donors (Lipinski definition) is 5. The van der Waals surface area contributed by atoms with Crippen molar-refractivity contribution in [3.63, 3.8) is 0 Å². The van der Waals surface area contributed by atoms with Crippen LogP contribution in [0.2, 0.25) is 5.02 Å². The summed E-state index contributed by atoms with van der Waals surface area (Å²) in [6.45, 7) is 12.9. The maximum absolute atomic E-state index is 14.3. The Morgan fingerprint density at radius 1 is 1.05 bits per heavy atom. The van der Waals surface area contributed by atoms with E-state index >= 15 is 0 Å². The van der Waals surface area contributed by atoms with Crippen LogP contribution in [0, 0.1) is 12.8 Å². The first-order valence-corrected chi connectivity index (χ1v) is 28.1. The number of carbonyl (C=O) groups is 7. The Kier molecular flexibility index (Phi) is 23.0. The summed E-state index contributed by atoms with van der Waals surface area (Å²) in [6.07, 6.45) is 1.81. The second-order valence-electron chi connectivity index (χ2n) is 21.6. The van der Waals surface area contributed by atoms with E-state index in [0.717, 1.165) is 40.0 Å². The number of carboxylic acids is 1. The number of carboxylic acid groups (broad SMARTS) is 1. The number of aliphatic hydroxyl groups is 1. The molecule has 82 heavy (non-hydrogen) atoms. The predicted molar refractivity (Wildman–Crippen MR) is 304 cm³/mol. The van der Waals surface area contributed by atoms with Crippen molar-refractivity contribution in [2.24, 2.45) is 5.92 Å². The number of epoxide rings is 1. The standard InChI is InChI=1S/C58H81ClN8O15/c1-11-64(7)34-41-31-40-15-13-21-60-53(40)67(41)23-19-47(68)62-42(17-18-50(71)72)54(73)61-22-25-79-27-26-78-24-20-48(69)65(8)38(5)55(74)81-46-32-49(70)66(9)43-30-39(29-36(3)51(43)59)28-35(2)14-12-16-45(77-10)58(76)33-44(80-56(75)63-58)37(4)52-57(46,6)82-52/h12-16,21,29-31,37-38,42,44-46,52,76H,11,17-20,22-28,32-34H2,1-10H3,(H,61,73)(H,62,68)(H,63,75)(H,71,72)/b16-12+,35-14+/t37-,38+,42+,44+,45-,46+,52?,57+,58-/m1/s1. The number of rotatable bonds is 24. The Morgan fingerprint density at radius 3 is 2.49 bits per heavy atom. The quantitative estimate of drug-likeness (QED) is 0.0466. The summed E-state index contributed by atoms with van der Waals surface area (Å²) in [6, 6.07) is 7.39. The molecule has 2 aromatic heterocycles. The van der Waals surface area contributed by atoms with Crippen molar-refractivity contribution in [3.05, 3.63) is 82.2 Å². The molecule has 23 nitrogen and oxygen atoms in total. The molecule has 5 amide bonds. The average Bonchev–Trinajstić information content (AvgIpc) is 4.23. The van der Waals surface area contributed by atoms with Crippen LogP contribution in [-0.4, -0.2) is 187 Å². The number of aryl methyl sites for hydroxylation is 2. The third-order valence-corrected chi connectivity index (χ3v) is 16.0. The van der Waals surface area contributed by atoms with Gasteiger partial charge in [-0.3, -0.25) is 29.3 Å². The third-order valence-electron chi connectivity index (χ3n) is 15.5. The number of pyridine rings is 1. The van der Waals surface area contributed by atoms with E-state index in [4.69, 9.17) is 40.0 Å². The van der Waals surface area contributed by atoms with E-state index in [1.54, 1.807) is 39.2 Å². The van der Waals surface area contributed by atoms with Crippen molar-refractivity contribution < 1.29 is 72.2 Å². The van der Waals surface area contributed by atoms with Crippen LogP contribution in [0.3, 0.4) is 0 Å². The second kappa shape index (κ2) is 29.2. The Labute approximate surface area is 483 Å². The summed E-state index contributed by atoms with van der Waals surface area (Å²) in [5.74, 6) is -4.36. The van der Waals surface area contributed by atoms with E-state index in [2.05, 4.69) is 32.8 Å². The van der Waals surface area contributed by atoms with Crippen molar-refractivity contribution in [3.8, 4) is 0 Å². The first-order valence-electron chi connectivity index (χ1n) is 27.7. The monoisotopic (exact) mass is 1160 g/mol. The molecule has 3 aromatic rings. The topological polar surface area (TPSA) is 282 Å². The highest BCUT2D eigenvalue weighted by Crippen LogP contribution is 2.49. The maximum Gasteiger partial charge on any atom is 0.409 e. The lowest BCUT2D eigenvalue weighted by molar-refractivity contribution is -0.162. The molecule has 5 N–H and O–H groups in total. The van der Waals surface area contributed by atoms with Crippen LogP contribution in [0.15, 0.2) is 60.3 Å². The number of anilines is 1. The fourth-order valence-corrected chi connectivity index (χ4v) is 10.4. The van der Waals surface area contributed by atoms with Crippen LogP contribution >= 0.6 is 11.6 Å². The molecule has 0 saturated carbocycles. The van der Waals surface area contributed by atoms with Gasteiger partial charge in [-0.15, -0.1) is 0 Å². The number of aromatic nitrogens is 2. The summed E-state index contributed by atoms with van der Waals surface area (Å²) in [7, 11) is 6.45. The van der Waals surface area contributed by atoms with Gasteiger partial charge < -0.3 is 68.5 Å². The van der Waals surface area contributed by atoms with Gasteiger partial charge in [0.1, 0.15) is 41.6 Å². The third kappa shape index (κ3) is 16.8. The molecule has 0 spiro atoms. The minimum Gasteiger partial charge on any atom is -0.481 e. The number of ether oxygens (including phenoxy) is 6. The van der Waals surface area contributed by atoms with Crippen LogP contribution in [-0.2, 0) is 76.7 Å². The van der Waals surface area contributed by atoms with Gasteiger partial charge in [0.2, 0.25) is 23.6 Å². The van der Waals surface area contributed by atoms with Gasteiger partial charge in [0, 0.05) is 83.3 Å². The molecule has 2 fully saturated rings. The summed E-state index contributed by atoms with van der Waals surface area (Å²) in [5, 5.41) is 30.4. The number of alkyl carbamates (subject to hydrolysis) is 1. The van der Waals surface area contributed by atoms with Crippen molar-refractivity contribution in [2.75, 3.05) is 72.7 Å². The molecule has 1 unspecified atom stereocenters. The minimum atomic E-state index is -1.87.